The van der Waals surface area contributed by atoms with Gasteiger partial charge in [-0.05, 0) is 42.9 Å². The average Bonchev–Trinajstić information content (AvgIpc) is 2.70. The second kappa shape index (κ2) is 9.80. The van der Waals surface area contributed by atoms with Gasteiger partial charge in [-0.25, -0.2) is 13.1 Å². The van der Waals surface area contributed by atoms with E-state index in [1.807, 2.05) is 30.3 Å². The molecule has 7 heteroatoms. The highest BCUT2D eigenvalue weighted by molar-refractivity contribution is 7.90. The largest absolute Gasteiger partial charge is 0.325 e. The third-order valence-corrected chi connectivity index (χ3v) is 7.21. The molecular formula is C21H27N3O3S. The van der Waals surface area contributed by atoms with Crippen LogP contribution in [0.4, 0.5) is 5.69 Å². The molecule has 28 heavy (non-hydrogen) atoms. The Morgan fingerprint density at radius 3 is 2.61 bits per heavy atom. The fraction of sp³-hybridized carbons (Fsp3) is 0.429. The van der Waals surface area contributed by atoms with E-state index in [1.54, 1.807) is 24.5 Å². The second-order valence-corrected chi connectivity index (χ2v) is 9.24. The summed E-state index contributed by atoms with van der Waals surface area (Å²) >= 11 is 0. The van der Waals surface area contributed by atoms with Crippen molar-refractivity contribution in [3.63, 3.8) is 0 Å². The Labute approximate surface area is 166 Å². The number of nitrogens with zero attached hydrogens (tertiary/aromatic N) is 1. The minimum absolute atomic E-state index is 0.163. The van der Waals surface area contributed by atoms with Crippen molar-refractivity contribution < 1.29 is 13.2 Å². The number of pyridine rings is 1. The van der Waals surface area contributed by atoms with Crippen LogP contribution in [0, 0.1) is 5.92 Å². The van der Waals surface area contributed by atoms with E-state index in [2.05, 4.69) is 15.0 Å². The van der Waals surface area contributed by atoms with Gasteiger partial charge in [0, 0.05) is 19.2 Å². The van der Waals surface area contributed by atoms with E-state index in [-0.39, 0.29) is 18.2 Å². The first-order valence-electron chi connectivity index (χ1n) is 9.77. The Bertz CT molecular complexity index is 857. The molecule has 2 unspecified atom stereocenters. The molecule has 0 radical (unpaired) electrons. The molecule has 1 saturated carbocycles. The summed E-state index contributed by atoms with van der Waals surface area (Å²) in [6.45, 7) is 0.372. The molecule has 1 aliphatic carbocycles. The van der Waals surface area contributed by atoms with Gasteiger partial charge in [0.2, 0.25) is 15.9 Å². The first-order valence-corrected chi connectivity index (χ1v) is 11.3. The van der Waals surface area contributed by atoms with Gasteiger partial charge in [0.25, 0.3) is 0 Å². The van der Waals surface area contributed by atoms with Crippen LogP contribution in [0.5, 0.6) is 0 Å². The lowest BCUT2D eigenvalue weighted by molar-refractivity contribution is -0.117. The summed E-state index contributed by atoms with van der Waals surface area (Å²) in [5, 5.41) is 2.29. The molecule has 2 atom stereocenters. The summed E-state index contributed by atoms with van der Waals surface area (Å²) in [6, 6.07) is 13.3. The van der Waals surface area contributed by atoms with E-state index in [9.17, 15) is 13.2 Å². The normalized spacial score (nSPS) is 19.9. The molecule has 1 amide bonds. The number of benzene rings is 1. The van der Waals surface area contributed by atoms with Crippen molar-refractivity contribution in [1.29, 1.82) is 0 Å². The smallest absolute Gasteiger partial charge is 0.224 e. The van der Waals surface area contributed by atoms with Gasteiger partial charge in [0.1, 0.15) is 0 Å². The van der Waals surface area contributed by atoms with Crippen LogP contribution in [0.25, 0.3) is 0 Å². The maximum Gasteiger partial charge on any atom is 0.224 e. The van der Waals surface area contributed by atoms with Crippen LogP contribution in [-0.4, -0.2) is 31.1 Å². The third kappa shape index (κ3) is 5.87. The molecule has 0 saturated heterocycles. The third-order valence-electron chi connectivity index (χ3n) is 5.19. The zero-order valence-electron chi connectivity index (χ0n) is 15.9. The Hall–Kier alpha value is -2.25. The van der Waals surface area contributed by atoms with Gasteiger partial charge in [-0.1, -0.05) is 43.2 Å². The number of aromatic nitrogens is 1. The number of anilines is 1. The number of nitrogens with one attached hydrogen (secondary N) is 2. The minimum atomic E-state index is -3.46. The molecule has 2 N–H and O–H groups in total. The van der Waals surface area contributed by atoms with E-state index in [0.717, 1.165) is 24.8 Å². The van der Waals surface area contributed by atoms with Gasteiger partial charge >= 0.3 is 0 Å². The van der Waals surface area contributed by atoms with Crippen LogP contribution in [0.3, 0.4) is 0 Å². The first kappa shape index (κ1) is 20.5. The molecule has 1 aromatic carbocycles. The predicted octanol–water partition coefficient (Wildman–Crippen LogP) is 3.13. The van der Waals surface area contributed by atoms with Gasteiger partial charge in [-0.15, -0.1) is 0 Å². The minimum Gasteiger partial charge on any atom is -0.325 e. The molecule has 1 fully saturated rings. The number of hydrogen-bond donors (Lipinski definition) is 2. The molecule has 150 valence electrons. The Morgan fingerprint density at radius 1 is 1.07 bits per heavy atom. The summed E-state index contributed by atoms with van der Waals surface area (Å²) in [6.07, 6.45) is 7.28. The maximum atomic E-state index is 12.9. The SMILES string of the molecule is O=C(CC1CCCCC1S(=O)(=O)NCCc1ccccc1)Nc1cccnc1. The number of carbonyl (C=O) groups excluding carboxylic acids is 1. The molecule has 0 bridgehead atoms. The fourth-order valence-electron chi connectivity index (χ4n) is 3.79. The summed E-state index contributed by atoms with van der Waals surface area (Å²) in [5.74, 6) is -0.330. The summed E-state index contributed by atoms with van der Waals surface area (Å²) < 4.78 is 28.5. The summed E-state index contributed by atoms with van der Waals surface area (Å²) in [7, 11) is -3.46. The number of sulfonamides is 1. The quantitative estimate of drug-likeness (QED) is 0.711. The van der Waals surface area contributed by atoms with E-state index in [4.69, 9.17) is 0 Å². The van der Waals surface area contributed by atoms with E-state index in [0.29, 0.717) is 25.1 Å². The highest BCUT2D eigenvalue weighted by Crippen LogP contribution is 2.32. The summed E-state index contributed by atoms with van der Waals surface area (Å²) in [5.41, 5.74) is 1.73. The number of amides is 1. The van der Waals surface area contributed by atoms with Crippen molar-refractivity contribution in [3.05, 3.63) is 60.4 Å². The highest BCUT2D eigenvalue weighted by Gasteiger charge is 2.36. The number of hydrogen-bond acceptors (Lipinski definition) is 4. The maximum absolute atomic E-state index is 12.9. The fourth-order valence-corrected chi connectivity index (χ4v) is 5.61. The van der Waals surface area contributed by atoms with Crippen molar-refractivity contribution in [3.8, 4) is 0 Å². The monoisotopic (exact) mass is 401 g/mol. The number of rotatable bonds is 8. The van der Waals surface area contributed by atoms with Crippen LogP contribution in [0.15, 0.2) is 54.9 Å². The second-order valence-electron chi connectivity index (χ2n) is 7.25. The van der Waals surface area contributed by atoms with Gasteiger partial charge in [0.05, 0.1) is 17.1 Å². The van der Waals surface area contributed by atoms with Crippen molar-refractivity contribution in [2.24, 2.45) is 5.92 Å². The van der Waals surface area contributed by atoms with Gasteiger partial charge in [0.15, 0.2) is 0 Å². The van der Waals surface area contributed by atoms with Gasteiger partial charge in [-0.3, -0.25) is 9.78 Å². The van der Waals surface area contributed by atoms with Crippen molar-refractivity contribution in [1.82, 2.24) is 9.71 Å². The van der Waals surface area contributed by atoms with Crippen molar-refractivity contribution in [2.45, 2.75) is 43.8 Å². The van der Waals surface area contributed by atoms with Crippen LogP contribution in [0.1, 0.15) is 37.7 Å². The van der Waals surface area contributed by atoms with Crippen LogP contribution >= 0.6 is 0 Å². The molecule has 1 heterocycles. The van der Waals surface area contributed by atoms with Crippen molar-refractivity contribution in [2.75, 3.05) is 11.9 Å². The molecule has 2 aromatic rings. The topological polar surface area (TPSA) is 88.2 Å². The van der Waals surface area contributed by atoms with Gasteiger partial charge in [-0.2, -0.15) is 0 Å². The molecule has 6 nitrogen and oxygen atoms in total. The molecule has 1 aliphatic rings. The van der Waals surface area contributed by atoms with Crippen LogP contribution < -0.4 is 10.0 Å². The molecule has 1 aromatic heterocycles. The molecule has 3 rings (SSSR count). The molecule has 0 spiro atoms. The zero-order chi connectivity index (χ0) is 19.8. The Morgan fingerprint density at radius 2 is 1.86 bits per heavy atom. The van der Waals surface area contributed by atoms with E-state index in [1.165, 1.54) is 0 Å². The van der Waals surface area contributed by atoms with Crippen LogP contribution in [-0.2, 0) is 21.2 Å². The lowest BCUT2D eigenvalue weighted by atomic mass is 9.86. The highest BCUT2D eigenvalue weighted by atomic mass is 32.2. The first-order chi connectivity index (χ1) is 13.5. The zero-order valence-corrected chi connectivity index (χ0v) is 16.7. The van der Waals surface area contributed by atoms with Crippen LogP contribution in [0.2, 0.25) is 0 Å². The lowest BCUT2D eigenvalue weighted by Gasteiger charge is -2.31. The van der Waals surface area contributed by atoms with E-state index >= 15 is 0 Å². The lowest BCUT2D eigenvalue weighted by Crippen LogP contribution is -2.42. The van der Waals surface area contributed by atoms with Crippen molar-refractivity contribution >= 4 is 21.6 Å². The average molecular weight is 402 g/mol. The summed E-state index contributed by atoms with van der Waals surface area (Å²) in [4.78, 5) is 16.4. The Kier molecular flexibility index (Phi) is 7.17. The van der Waals surface area contributed by atoms with E-state index < -0.39 is 15.3 Å². The standard InChI is InChI=1S/C21H27N3O3S/c25-21(24-19-10-6-13-22-16-19)15-18-9-4-5-11-20(18)28(26,27)23-14-12-17-7-2-1-3-8-17/h1-3,6-8,10,13,16,18,20,23H,4-5,9,11-12,14-15H2,(H,24,25). The van der Waals surface area contributed by atoms with Gasteiger partial charge < -0.3 is 5.32 Å². The molecular weight excluding hydrogens is 374 g/mol. The molecule has 0 aliphatic heterocycles. The Balaban J connectivity index is 1.57. The number of carbonyl (C=O) groups is 1. The predicted molar refractivity (Wildman–Crippen MR) is 110 cm³/mol.